The summed E-state index contributed by atoms with van der Waals surface area (Å²) in [7, 11) is 0. The number of hydrogen-bond acceptors (Lipinski definition) is 6. The van der Waals surface area contributed by atoms with E-state index in [1.54, 1.807) is 0 Å². The summed E-state index contributed by atoms with van der Waals surface area (Å²) in [6, 6.07) is 2.97. The maximum absolute atomic E-state index is 11.4. The van der Waals surface area contributed by atoms with Gasteiger partial charge in [0.1, 0.15) is 9.98 Å². The predicted octanol–water partition coefficient (Wildman–Crippen LogP) is 2.46. The molecule has 0 aromatic carbocycles. The van der Waals surface area contributed by atoms with Gasteiger partial charge in [0.2, 0.25) is 0 Å². The van der Waals surface area contributed by atoms with Gasteiger partial charge in [-0.15, -0.1) is 11.3 Å². The lowest BCUT2D eigenvalue weighted by molar-refractivity contribution is -0.386. The number of nitro groups is 1. The first-order valence-electron chi connectivity index (χ1n) is 5.78. The van der Waals surface area contributed by atoms with Crippen molar-refractivity contribution in [2.24, 2.45) is 0 Å². The lowest BCUT2D eigenvalue weighted by Crippen LogP contribution is -2.12. The fourth-order valence-corrected chi connectivity index (χ4v) is 2.93. The van der Waals surface area contributed by atoms with Crippen molar-refractivity contribution in [3.8, 4) is 0 Å². The normalized spacial score (nSPS) is 10.9. The molecule has 0 N–H and O–H groups in total. The van der Waals surface area contributed by atoms with E-state index in [0.29, 0.717) is 11.0 Å². The monoisotopic (exact) mass is 322 g/mol. The lowest BCUT2D eigenvalue weighted by Gasteiger charge is -2.05. The maximum atomic E-state index is 11.4. The van der Waals surface area contributed by atoms with Crippen molar-refractivity contribution in [2.45, 2.75) is 6.54 Å². The van der Waals surface area contributed by atoms with E-state index in [9.17, 15) is 14.9 Å². The van der Waals surface area contributed by atoms with E-state index in [4.69, 9.17) is 11.6 Å². The molecule has 0 spiro atoms. The van der Waals surface area contributed by atoms with Crippen LogP contribution in [-0.4, -0.2) is 19.5 Å². The van der Waals surface area contributed by atoms with Gasteiger partial charge in [0.25, 0.3) is 5.43 Å². The van der Waals surface area contributed by atoms with Gasteiger partial charge in [-0.05, 0) is 11.4 Å². The summed E-state index contributed by atoms with van der Waals surface area (Å²) in [5.74, 6) is 0.424. The van der Waals surface area contributed by atoms with Crippen LogP contribution in [0.4, 0.5) is 5.69 Å². The first-order chi connectivity index (χ1) is 10.0. The molecule has 0 atom stereocenters. The molecule has 3 aromatic rings. The van der Waals surface area contributed by atoms with Gasteiger partial charge in [-0.1, -0.05) is 11.6 Å². The molecule has 0 fully saturated rings. The number of rotatable bonds is 3. The van der Waals surface area contributed by atoms with E-state index in [-0.39, 0.29) is 6.54 Å². The molecule has 0 aliphatic heterocycles. The van der Waals surface area contributed by atoms with Gasteiger partial charge in [0, 0.05) is 17.6 Å². The lowest BCUT2D eigenvalue weighted by atomic mass is 10.4. The molecule has 0 unspecified atom stereocenters. The van der Waals surface area contributed by atoms with Crippen LogP contribution in [0.3, 0.4) is 0 Å². The van der Waals surface area contributed by atoms with E-state index in [2.05, 4.69) is 9.97 Å². The maximum Gasteiger partial charge on any atom is 0.332 e. The average Bonchev–Trinajstić information content (AvgIpc) is 2.89. The van der Waals surface area contributed by atoms with Gasteiger partial charge >= 0.3 is 5.69 Å². The zero-order chi connectivity index (χ0) is 15.0. The molecular weight excluding hydrogens is 316 g/mol. The Kier molecular flexibility index (Phi) is 3.40. The molecule has 9 heteroatoms. The first kappa shape index (κ1) is 13.7. The second kappa shape index (κ2) is 5.23. The van der Waals surface area contributed by atoms with Gasteiger partial charge < -0.3 is 4.57 Å². The molecule has 0 saturated carbocycles. The van der Waals surface area contributed by atoms with Gasteiger partial charge in [-0.25, -0.2) is 9.97 Å². The average molecular weight is 323 g/mol. The van der Waals surface area contributed by atoms with Crippen LogP contribution in [0.2, 0.25) is 5.15 Å². The Bertz CT molecular complexity index is 905. The number of halogens is 1. The van der Waals surface area contributed by atoms with Crippen molar-refractivity contribution in [3.63, 3.8) is 0 Å². The van der Waals surface area contributed by atoms with Crippen LogP contribution >= 0.6 is 22.9 Å². The molecule has 7 nitrogen and oxygen atoms in total. The minimum atomic E-state index is -0.713. The van der Waals surface area contributed by atoms with Crippen LogP contribution in [0.1, 0.15) is 5.82 Å². The molecule has 0 saturated heterocycles. The Morgan fingerprint density at radius 1 is 1.38 bits per heavy atom. The van der Waals surface area contributed by atoms with Crippen LogP contribution in [0.15, 0.2) is 34.7 Å². The Morgan fingerprint density at radius 3 is 2.95 bits per heavy atom. The van der Waals surface area contributed by atoms with Crippen molar-refractivity contribution in [1.82, 2.24) is 14.5 Å². The summed E-state index contributed by atoms with van der Waals surface area (Å²) >= 11 is 7.50. The Morgan fingerprint density at radius 2 is 2.19 bits per heavy atom. The topological polar surface area (TPSA) is 90.9 Å². The SMILES string of the molecule is O=c1ccn(Cc2nc(Cl)c3ccsc3n2)cc1[N+](=O)[O-]. The summed E-state index contributed by atoms with van der Waals surface area (Å²) in [6.07, 6.45) is 2.61. The fraction of sp³-hybridized carbons (Fsp3) is 0.0833. The molecule has 21 heavy (non-hydrogen) atoms. The summed E-state index contributed by atoms with van der Waals surface area (Å²) in [6.45, 7) is 0.189. The number of fused-ring (bicyclic) bond motifs is 1. The number of aromatic nitrogens is 3. The standard InChI is InChI=1S/C12H7ClN4O3S/c13-11-7-2-4-21-12(7)15-10(14-11)6-16-3-1-9(18)8(5-16)17(19)20/h1-5H,6H2. The molecular formula is C12H7ClN4O3S. The van der Waals surface area contributed by atoms with Crippen LogP contribution in [0.5, 0.6) is 0 Å². The Balaban J connectivity index is 2.00. The Labute approximate surface area is 126 Å². The molecule has 106 valence electrons. The second-order valence-corrected chi connectivity index (χ2v) is 5.45. The molecule has 0 aliphatic carbocycles. The highest BCUT2D eigenvalue weighted by atomic mass is 35.5. The molecule has 0 aliphatic rings. The first-order valence-corrected chi connectivity index (χ1v) is 7.04. The van der Waals surface area contributed by atoms with Crippen molar-refractivity contribution in [3.05, 3.63) is 61.2 Å². The molecule has 3 rings (SSSR count). The third-order valence-corrected chi connectivity index (χ3v) is 3.90. The largest absolute Gasteiger partial charge is 0.340 e. The highest BCUT2D eigenvalue weighted by Crippen LogP contribution is 2.24. The van der Waals surface area contributed by atoms with E-state index < -0.39 is 16.0 Å². The Hall–Kier alpha value is -2.32. The van der Waals surface area contributed by atoms with Gasteiger partial charge in [-0.3, -0.25) is 14.9 Å². The molecule has 0 radical (unpaired) electrons. The van der Waals surface area contributed by atoms with Crippen LogP contribution in [-0.2, 0) is 6.54 Å². The van der Waals surface area contributed by atoms with Gasteiger partial charge in [0.05, 0.1) is 17.7 Å². The number of thiophene rings is 1. The van der Waals surface area contributed by atoms with Crippen molar-refractivity contribution in [2.75, 3.05) is 0 Å². The smallest absolute Gasteiger partial charge is 0.332 e. The zero-order valence-electron chi connectivity index (χ0n) is 10.4. The van der Waals surface area contributed by atoms with Crippen LogP contribution in [0.25, 0.3) is 10.2 Å². The van der Waals surface area contributed by atoms with Crippen molar-refractivity contribution in [1.29, 1.82) is 0 Å². The minimum Gasteiger partial charge on any atom is -0.340 e. The second-order valence-electron chi connectivity index (χ2n) is 4.19. The number of nitrogens with zero attached hydrogens (tertiary/aromatic N) is 4. The summed E-state index contributed by atoms with van der Waals surface area (Å²) in [5, 5.41) is 13.7. The number of pyridine rings is 1. The van der Waals surface area contributed by atoms with E-state index in [1.165, 1.54) is 22.1 Å². The van der Waals surface area contributed by atoms with Crippen LogP contribution in [0, 0.1) is 10.1 Å². The quantitative estimate of drug-likeness (QED) is 0.419. The third kappa shape index (κ3) is 2.63. The summed E-state index contributed by atoms with van der Waals surface area (Å²) in [5.41, 5.74) is -1.12. The molecule has 3 aromatic heterocycles. The third-order valence-electron chi connectivity index (χ3n) is 2.80. The van der Waals surface area contributed by atoms with Gasteiger partial charge in [-0.2, -0.15) is 0 Å². The van der Waals surface area contributed by atoms with E-state index in [0.717, 1.165) is 22.5 Å². The summed E-state index contributed by atoms with van der Waals surface area (Å²) < 4.78 is 1.48. The highest BCUT2D eigenvalue weighted by Gasteiger charge is 2.13. The minimum absolute atomic E-state index is 0.189. The van der Waals surface area contributed by atoms with E-state index >= 15 is 0 Å². The highest BCUT2D eigenvalue weighted by molar-refractivity contribution is 7.16. The molecule has 0 amide bonds. The molecule has 0 bridgehead atoms. The van der Waals surface area contributed by atoms with Crippen LogP contribution < -0.4 is 5.43 Å². The summed E-state index contributed by atoms with van der Waals surface area (Å²) in [4.78, 5) is 30.7. The van der Waals surface area contributed by atoms with E-state index in [1.807, 2.05) is 11.4 Å². The zero-order valence-corrected chi connectivity index (χ0v) is 12.0. The predicted molar refractivity (Wildman–Crippen MR) is 78.9 cm³/mol. The van der Waals surface area contributed by atoms with Crippen molar-refractivity contribution >= 4 is 38.8 Å². The molecule has 3 heterocycles. The van der Waals surface area contributed by atoms with Crippen molar-refractivity contribution < 1.29 is 4.92 Å². The van der Waals surface area contributed by atoms with Gasteiger partial charge in [0.15, 0.2) is 5.82 Å². The number of hydrogen-bond donors (Lipinski definition) is 0. The fourth-order valence-electron chi connectivity index (χ4n) is 1.84.